The number of aryl methyl sites for hydroxylation is 1. The fourth-order valence-electron chi connectivity index (χ4n) is 3.86. The van der Waals surface area contributed by atoms with Crippen molar-refractivity contribution >= 4 is 21.9 Å². The highest BCUT2D eigenvalue weighted by atomic mass is 16.3. The van der Waals surface area contributed by atoms with E-state index in [4.69, 9.17) is 4.98 Å². The van der Waals surface area contributed by atoms with E-state index in [1.165, 1.54) is 6.20 Å². The Kier molecular flexibility index (Phi) is 3.66. The molecular weight excluding hydrogens is 390 g/mol. The molecule has 0 aliphatic carbocycles. The third-order valence-corrected chi connectivity index (χ3v) is 5.31. The maximum atomic E-state index is 9.76. The summed E-state index contributed by atoms with van der Waals surface area (Å²) in [5.41, 5.74) is 7.63. The summed E-state index contributed by atoms with van der Waals surface area (Å²) in [6.45, 7) is 1.97. The van der Waals surface area contributed by atoms with Crippen molar-refractivity contribution in [3.63, 3.8) is 0 Å². The molecule has 6 rings (SSSR count). The Morgan fingerprint density at radius 2 is 1.97 bits per heavy atom. The predicted octanol–water partition coefficient (Wildman–Crippen LogP) is 4.37. The lowest BCUT2D eigenvalue weighted by molar-refractivity contribution is 0.473. The summed E-state index contributed by atoms with van der Waals surface area (Å²) in [6.07, 6.45) is 6.89. The largest absolute Gasteiger partial charge is 0.506 e. The quantitative estimate of drug-likeness (QED) is 0.404. The summed E-state index contributed by atoms with van der Waals surface area (Å²) in [4.78, 5) is 16.7. The molecule has 5 heterocycles. The van der Waals surface area contributed by atoms with Gasteiger partial charge in [0.1, 0.15) is 17.0 Å². The number of H-pyrrole nitrogens is 2. The normalized spacial score (nSPS) is 11.5. The van der Waals surface area contributed by atoms with Crippen LogP contribution < -0.4 is 0 Å². The second-order valence-electron chi connectivity index (χ2n) is 7.44. The van der Waals surface area contributed by atoms with Crippen molar-refractivity contribution in [3.8, 4) is 34.1 Å². The van der Waals surface area contributed by atoms with E-state index in [0.717, 1.165) is 50.3 Å². The number of rotatable bonds is 3. The van der Waals surface area contributed by atoms with Gasteiger partial charge in [-0.2, -0.15) is 5.10 Å². The topological polar surface area (TPSA) is 108 Å². The smallest absolute Gasteiger partial charge is 0.135 e. The summed E-state index contributed by atoms with van der Waals surface area (Å²) in [7, 11) is 0. The molecule has 0 atom stereocenters. The molecule has 0 saturated carbocycles. The molecule has 8 nitrogen and oxygen atoms in total. The van der Waals surface area contributed by atoms with Crippen LogP contribution in [0.15, 0.2) is 67.4 Å². The van der Waals surface area contributed by atoms with Crippen molar-refractivity contribution in [2.24, 2.45) is 0 Å². The molecule has 6 aromatic rings. The highest BCUT2D eigenvalue weighted by Gasteiger charge is 2.15. The third-order valence-electron chi connectivity index (χ3n) is 5.31. The van der Waals surface area contributed by atoms with Crippen LogP contribution in [0.25, 0.3) is 50.3 Å². The van der Waals surface area contributed by atoms with Gasteiger partial charge in [-0.05, 0) is 43.3 Å². The van der Waals surface area contributed by atoms with Crippen molar-refractivity contribution in [1.82, 2.24) is 34.7 Å². The minimum Gasteiger partial charge on any atom is -0.506 e. The Balaban J connectivity index is 1.51. The van der Waals surface area contributed by atoms with Gasteiger partial charge in [0, 0.05) is 28.9 Å². The van der Waals surface area contributed by atoms with Gasteiger partial charge in [0.15, 0.2) is 0 Å². The fraction of sp³-hybridized carbons (Fsp3) is 0.0435. The van der Waals surface area contributed by atoms with Crippen molar-refractivity contribution in [3.05, 3.63) is 73.1 Å². The lowest BCUT2D eigenvalue weighted by Gasteiger charge is -2.03. The van der Waals surface area contributed by atoms with Gasteiger partial charge < -0.3 is 14.7 Å². The number of aromatic hydroxyl groups is 1. The first-order valence-corrected chi connectivity index (χ1v) is 9.78. The van der Waals surface area contributed by atoms with E-state index < -0.39 is 0 Å². The number of pyridine rings is 2. The number of imidazole rings is 1. The minimum absolute atomic E-state index is 0.102. The first-order chi connectivity index (χ1) is 15.2. The molecule has 0 saturated heterocycles. The SMILES string of the molecule is Cc1cn(-c2cccc3[nH]c(-c4n[nH]c5ccc(-c6cncc(O)c6)nc45)cc23)cn1. The van der Waals surface area contributed by atoms with E-state index in [1.54, 1.807) is 12.3 Å². The van der Waals surface area contributed by atoms with Crippen LogP contribution >= 0.6 is 0 Å². The summed E-state index contributed by atoms with van der Waals surface area (Å²) < 4.78 is 2.02. The van der Waals surface area contributed by atoms with E-state index in [1.807, 2.05) is 48.3 Å². The Bertz CT molecular complexity index is 1570. The molecule has 0 spiro atoms. The van der Waals surface area contributed by atoms with Crippen LogP contribution in [0.3, 0.4) is 0 Å². The lowest BCUT2D eigenvalue weighted by atomic mass is 10.1. The number of fused-ring (bicyclic) bond motifs is 2. The molecule has 0 aliphatic rings. The summed E-state index contributed by atoms with van der Waals surface area (Å²) in [6, 6.07) is 13.7. The van der Waals surface area contributed by atoms with E-state index >= 15 is 0 Å². The number of nitrogens with one attached hydrogen (secondary N) is 2. The molecule has 8 heteroatoms. The maximum Gasteiger partial charge on any atom is 0.135 e. The van der Waals surface area contributed by atoms with Crippen molar-refractivity contribution in [1.29, 1.82) is 0 Å². The van der Waals surface area contributed by atoms with E-state index in [9.17, 15) is 5.11 Å². The first-order valence-electron chi connectivity index (χ1n) is 9.78. The van der Waals surface area contributed by atoms with Gasteiger partial charge >= 0.3 is 0 Å². The standard InChI is InChI=1S/C23H17N7O/c1-13-11-30(12-25-13)21-4-2-3-18-16(21)8-20(26-18)23-22-19(28-29-23)6-5-17(27-22)14-7-15(31)10-24-9-14/h2-12,26,31H,1H3,(H,28,29). The first kappa shape index (κ1) is 17.4. The monoisotopic (exact) mass is 407 g/mol. The predicted molar refractivity (Wildman–Crippen MR) is 118 cm³/mol. The van der Waals surface area contributed by atoms with Crippen LogP contribution in [0.1, 0.15) is 5.69 Å². The number of aromatic amines is 2. The Morgan fingerprint density at radius 3 is 2.81 bits per heavy atom. The van der Waals surface area contributed by atoms with Crippen LogP contribution in [-0.4, -0.2) is 39.8 Å². The van der Waals surface area contributed by atoms with E-state index in [2.05, 4.69) is 37.3 Å². The van der Waals surface area contributed by atoms with E-state index in [-0.39, 0.29) is 5.75 Å². The zero-order valence-corrected chi connectivity index (χ0v) is 16.5. The number of hydrogen-bond acceptors (Lipinski definition) is 5. The van der Waals surface area contributed by atoms with Gasteiger partial charge in [-0.1, -0.05) is 6.07 Å². The zero-order valence-electron chi connectivity index (χ0n) is 16.5. The summed E-state index contributed by atoms with van der Waals surface area (Å²) in [5, 5.41) is 18.4. The molecule has 0 aliphatic heterocycles. The molecular formula is C23H17N7O. The number of aromatic nitrogens is 7. The van der Waals surface area contributed by atoms with Gasteiger partial charge in [0.25, 0.3) is 0 Å². The van der Waals surface area contributed by atoms with Crippen LogP contribution in [0, 0.1) is 6.92 Å². The van der Waals surface area contributed by atoms with Crippen LogP contribution in [-0.2, 0) is 0 Å². The molecule has 1 aromatic carbocycles. The van der Waals surface area contributed by atoms with Crippen molar-refractivity contribution in [2.45, 2.75) is 6.92 Å². The van der Waals surface area contributed by atoms with Gasteiger partial charge in [-0.3, -0.25) is 10.1 Å². The van der Waals surface area contributed by atoms with Crippen LogP contribution in [0.2, 0.25) is 0 Å². The van der Waals surface area contributed by atoms with Crippen LogP contribution in [0.5, 0.6) is 5.75 Å². The van der Waals surface area contributed by atoms with Crippen molar-refractivity contribution < 1.29 is 5.11 Å². The van der Waals surface area contributed by atoms with Gasteiger partial charge in [0.2, 0.25) is 0 Å². The third kappa shape index (κ3) is 2.84. The molecule has 0 fully saturated rings. The molecule has 3 N–H and O–H groups in total. The number of hydrogen-bond donors (Lipinski definition) is 3. The average molecular weight is 407 g/mol. The Labute approximate surface area is 176 Å². The number of nitrogens with zero attached hydrogens (tertiary/aromatic N) is 5. The molecule has 0 bridgehead atoms. The lowest BCUT2D eigenvalue weighted by Crippen LogP contribution is -1.89. The summed E-state index contributed by atoms with van der Waals surface area (Å²) >= 11 is 0. The molecule has 150 valence electrons. The average Bonchev–Trinajstić information content (AvgIpc) is 3.50. The second-order valence-corrected chi connectivity index (χ2v) is 7.44. The van der Waals surface area contributed by atoms with E-state index in [0.29, 0.717) is 5.69 Å². The Morgan fingerprint density at radius 1 is 1.03 bits per heavy atom. The molecule has 0 unspecified atom stereocenters. The molecule has 0 radical (unpaired) electrons. The second kappa shape index (κ2) is 6.53. The minimum atomic E-state index is 0.102. The van der Waals surface area contributed by atoms with Gasteiger partial charge in [0.05, 0.1) is 40.8 Å². The molecule has 0 amide bonds. The highest BCUT2D eigenvalue weighted by Crippen LogP contribution is 2.32. The van der Waals surface area contributed by atoms with Crippen molar-refractivity contribution in [2.75, 3.05) is 0 Å². The van der Waals surface area contributed by atoms with Gasteiger partial charge in [-0.25, -0.2) is 9.97 Å². The summed E-state index contributed by atoms with van der Waals surface area (Å²) in [5.74, 6) is 0.102. The zero-order chi connectivity index (χ0) is 20.9. The Hall–Kier alpha value is -4.46. The van der Waals surface area contributed by atoms with Gasteiger partial charge in [-0.15, -0.1) is 0 Å². The fourth-order valence-corrected chi connectivity index (χ4v) is 3.86. The highest BCUT2D eigenvalue weighted by molar-refractivity contribution is 5.97. The maximum absolute atomic E-state index is 9.76. The molecule has 5 aromatic heterocycles. The van der Waals surface area contributed by atoms with Crippen LogP contribution in [0.4, 0.5) is 0 Å². The number of benzene rings is 1. The molecule has 31 heavy (non-hydrogen) atoms.